The molecule has 0 bridgehead atoms. The third-order valence-corrected chi connectivity index (χ3v) is 12.6. The molecule has 0 amide bonds. The van der Waals surface area contributed by atoms with Gasteiger partial charge in [-0.1, -0.05) is 187 Å². The molecule has 11 unspecified atom stereocenters. The summed E-state index contributed by atoms with van der Waals surface area (Å²) in [7, 11) is 0. The maximum atomic E-state index is 12.9. The fourth-order valence-electron chi connectivity index (χ4n) is 8.40. The predicted octanol–water partition coefficient (Wildman–Crippen LogP) is 7.30. The number of carbonyl (C=O) groups excluding carboxylic acids is 1. The van der Waals surface area contributed by atoms with Crippen LogP contribution in [0.1, 0.15) is 206 Å². The molecule has 2 saturated heterocycles. The molecular weight excluding hydrogens is 813 g/mol. The van der Waals surface area contributed by atoms with E-state index >= 15 is 0 Å². The van der Waals surface area contributed by atoms with Gasteiger partial charge in [0.25, 0.3) is 0 Å². The first-order valence-corrected chi connectivity index (χ1v) is 25.6. The van der Waals surface area contributed by atoms with Gasteiger partial charge in [-0.3, -0.25) is 4.79 Å². The van der Waals surface area contributed by atoms with Crippen molar-refractivity contribution in [3.05, 3.63) is 0 Å². The zero-order valence-corrected chi connectivity index (χ0v) is 39.6. The van der Waals surface area contributed by atoms with Crippen LogP contribution in [0.25, 0.3) is 0 Å². The lowest BCUT2D eigenvalue weighted by Crippen LogP contribution is -2.61. The number of unbranched alkanes of at least 4 members (excludes halogenated alkanes) is 27. The normalized spacial score (nSPS) is 26.9. The van der Waals surface area contributed by atoms with Gasteiger partial charge in [-0.05, 0) is 12.8 Å². The zero-order valence-electron chi connectivity index (χ0n) is 39.6. The molecule has 2 aliphatic rings. The summed E-state index contributed by atoms with van der Waals surface area (Å²) in [4.78, 5) is 12.9. The summed E-state index contributed by atoms with van der Waals surface area (Å²) in [5, 5.41) is 72.0. The third-order valence-electron chi connectivity index (χ3n) is 12.6. The van der Waals surface area contributed by atoms with Crippen molar-refractivity contribution in [3.63, 3.8) is 0 Å². The smallest absolute Gasteiger partial charge is 0.306 e. The minimum Gasteiger partial charge on any atom is -0.457 e. The van der Waals surface area contributed by atoms with Crippen molar-refractivity contribution in [2.75, 3.05) is 33.0 Å². The van der Waals surface area contributed by atoms with Gasteiger partial charge in [-0.2, -0.15) is 0 Å². The van der Waals surface area contributed by atoms with E-state index in [1.807, 2.05) is 0 Å². The van der Waals surface area contributed by atoms with Gasteiger partial charge in [0.1, 0.15) is 54.9 Å². The molecule has 0 aromatic rings. The number of aliphatic hydroxyl groups is 7. The average Bonchev–Trinajstić information content (AvgIpc) is 3.28. The van der Waals surface area contributed by atoms with E-state index in [-0.39, 0.29) is 25.6 Å². The number of rotatable bonds is 41. The highest BCUT2D eigenvalue weighted by Crippen LogP contribution is 2.26. The molecule has 0 spiro atoms. The lowest BCUT2D eigenvalue weighted by molar-refractivity contribution is -0.332. The number of hydrogen-bond acceptors (Lipinski definition) is 14. The van der Waals surface area contributed by atoms with Crippen molar-refractivity contribution in [2.24, 2.45) is 0 Å². The first-order valence-electron chi connectivity index (χ1n) is 25.6. The van der Waals surface area contributed by atoms with E-state index in [0.29, 0.717) is 13.0 Å². The molecule has 0 aromatic heterocycles. The number of hydrogen-bond donors (Lipinski definition) is 7. The third kappa shape index (κ3) is 26.2. The molecule has 374 valence electrons. The lowest BCUT2D eigenvalue weighted by atomic mass is 9.98. The van der Waals surface area contributed by atoms with Crippen LogP contribution in [0.3, 0.4) is 0 Å². The Morgan fingerprint density at radius 2 is 0.841 bits per heavy atom. The maximum absolute atomic E-state index is 12.9. The second kappa shape index (κ2) is 38.0. The molecule has 11 atom stereocenters. The molecule has 0 radical (unpaired) electrons. The Hall–Kier alpha value is -1.01. The van der Waals surface area contributed by atoms with Gasteiger partial charge in [0.05, 0.1) is 26.4 Å². The topological polar surface area (TPSA) is 214 Å². The molecule has 0 aliphatic carbocycles. The van der Waals surface area contributed by atoms with Crippen molar-refractivity contribution >= 4 is 5.97 Å². The highest BCUT2D eigenvalue weighted by molar-refractivity contribution is 5.69. The van der Waals surface area contributed by atoms with Crippen LogP contribution in [0.5, 0.6) is 0 Å². The Labute approximate surface area is 381 Å². The molecule has 7 N–H and O–H groups in total. The minimum absolute atomic E-state index is 0.0699. The van der Waals surface area contributed by atoms with Crippen LogP contribution in [0.15, 0.2) is 0 Å². The minimum atomic E-state index is -1.70. The van der Waals surface area contributed by atoms with Crippen molar-refractivity contribution in [3.8, 4) is 0 Å². The van der Waals surface area contributed by atoms with Crippen molar-refractivity contribution < 1.29 is 69.0 Å². The summed E-state index contributed by atoms with van der Waals surface area (Å²) in [5.41, 5.74) is 0. The molecular formula is C49H94O14. The van der Waals surface area contributed by atoms with E-state index in [4.69, 9.17) is 28.4 Å². The molecule has 2 fully saturated rings. The van der Waals surface area contributed by atoms with Gasteiger partial charge in [0, 0.05) is 13.0 Å². The molecule has 0 aromatic carbocycles. The van der Waals surface area contributed by atoms with Crippen molar-refractivity contribution in [2.45, 2.75) is 274 Å². The van der Waals surface area contributed by atoms with E-state index in [1.165, 1.54) is 141 Å². The maximum Gasteiger partial charge on any atom is 0.306 e. The van der Waals surface area contributed by atoms with Crippen LogP contribution in [-0.4, -0.2) is 142 Å². The van der Waals surface area contributed by atoms with Gasteiger partial charge in [0.2, 0.25) is 0 Å². The van der Waals surface area contributed by atoms with Crippen LogP contribution < -0.4 is 0 Å². The molecule has 2 rings (SSSR count). The summed E-state index contributed by atoms with van der Waals surface area (Å²) >= 11 is 0. The molecule has 63 heavy (non-hydrogen) atoms. The van der Waals surface area contributed by atoms with Crippen molar-refractivity contribution in [1.29, 1.82) is 0 Å². The fourth-order valence-corrected chi connectivity index (χ4v) is 8.40. The van der Waals surface area contributed by atoms with Gasteiger partial charge in [-0.15, -0.1) is 0 Å². The van der Waals surface area contributed by atoms with Crippen LogP contribution in [-0.2, 0) is 33.2 Å². The molecule has 14 nitrogen and oxygen atoms in total. The Balaban J connectivity index is 1.73. The van der Waals surface area contributed by atoms with E-state index in [1.54, 1.807) is 0 Å². The Bertz CT molecular complexity index is 1050. The standard InChI is InChI=1S/C49H94O14/c1-3-5-7-9-11-13-15-16-17-18-19-20-21-22-23-25-27-29-31-33-58-35-38(61-41(51)32-30-28-26-24-14-12-10-8-6-4-2)36-59-48-47(57)45(55)43(53)40(63-48)37-60-49-46(56)44(54)42(52)39(34-50)62-49/h38-40,42-50,52-57H,3-37H2,1-2H3. The second-order valence-corrected chi connectivity index (χ2v) is 18.4. The fraction of sp³-hybridized carbons (Fsp3) is 0.980. The monoisotopic (exact) mass is 907 g/mol. The van der Waals surface area contributed by atoms with Crippen molar-refractivity contribution in [1.82, 2.24) is 0 Å². The summed E-state index contributed by atoms with van der Waals surface area (Å²) in [6.07, 6.45) is 20.3. The van der Waals surface area contributed by atoms with Gasteiger partial charge in [0.15, 0.2) is 12.6 Å². The summed E-state index contributed by atoms with van der Waals surface area (Å²) in [5.74, 6) is -0.373. The molecule has 14 heteroatoms. The number of ether oxygens (including phenoxy) is 6. The van der Waals surface area contributed by atoms with Gasteiger partial charge < -0.3 is 64.2 Å². The Kier molecular flexibility index (Phi) is 35.1. The second-order valence-electron chi connectivity index (χ2n) is 18.4. The lowest BCUT2D eigenvalue weighted by Gasteiger charge is -2.42. The SMILES string of the molecule is CCCCCCCCCCCCCCCCCCCCCOCC(COC1OC(COC2OC(CO)C(O)C(O)C2O)C(O)C(O)C1O)OC(=O)CCCCCCCCCCCC. The van der Waals surface area contributed by atoms with Gasteiger partial charge >= 0.3 is 5.97 Å². The number of carbonyl (C=O) groups is 1. The largest absolute Gasteiger partial charge is 0.457 e. The predicted molar refractivity (Wildman–Crippen MR) is 243 cm³/mol. The van der Waals surface area contributed by atoms with Crippen LogP contribution in [0.4, 0.5) is 0 Å². The quantitative estimate of drug-likeness (QED) is 0.0237. The van der Waals surface area contributed by atoms with Crippen LogP contribution >= 0.6 is 0 Å². The first-order chi connectivity index (χ1) is 30.6. The van der Waals surface area contributed by atoms with Gasteiger partial charge in [-0.25, -0.2) is 0 Å². The van der Waals surface area contributed by atoms with Crippen LogP contribution in [0, 0.1) is 0 Å². The van der Waals surface area contributed by atoms with E-state index in [0.717, 1.165) is 38.5 Å². The molecule has 0 saturated carbocycles. The Morgan fingerprint density at radius 1 is 0.460 bits per heavy atom. The summed E-state index contributed by atoms with van der Waals surface area (Å²) in [6.45, 7) is 3.71. The molecule has 2 heterocycles. The highest BCUT2D eigenvalue weighted by Gasteiger charge is 2.47. The number of aliphatic hydroxyl groups excluding tert-OH is 7. The number of esters is 1. The zero-order chi connectivity index (χ0) is 45.9. The van der Waals surface area contributed by atoms with E-state index in [9.17, 15) is 40.5 Å². The van der Waals surface area contributed by atoms with Crippen LogP contribution in [0.2, 0.25) is 0 Å². The Morgan fingerprint density at radius 3 is 1.29 bits per heavy atom. The molecule has 2 aliphatic heterocycles. The first kappa shape index (κ1) is 58.1. The highest BCUT2D eigenvalue weighted by atomic mass is 16.7. The van der Waals surface area contributed by atoms with E-state index in [2.05, 4.69) is 13.8 Å². The summed E-state index contributed by atoms with van der Waals surface area (Å²) < 4.78 is 34.2. The van der Waals surface area contributed by atoms with E-state index < -0.39 is 80.7 Å². The summed E-state index contributed by atoms with van der Waals surface area (Å²) in [6, 6.07) is 0. The average molecular weight is 907 g/mol.